The first-order chi connectivity index (χ1) is 8.65. The molecule has 2 nitrogen and oxygen atoms in total. The first-order valence-corrected chi connectivity index (χ1v) is 6.83. The van der Waals surface area contributed by atoms with E-state index in [4.69, 9.17) is 0 Å². The first kappa shape index (κ1) is 13.3. The number of anilines is 1. The number of rotatable bonds is 5. The van der Waals surface area contributed by atoms with Crippen molar-refractivity contribution in [2.75, 3.05) is 5.32 Å². The Morgan fingerprint density at radius 2 is 1.94 bits per heavy atom. The minimum atomic E-state index is -2.79. The summed E-state index contributed by atoms with van der Waals surface area (Å²) in [5, 5.41) is 5.21. The second-order valence-electron chi connectivity index (χ2n) is 3.45. The number of alkyl halides is 2. The Hall–Kier alpha value is -1.14. The number of hydrogen-bond acceptors (Lipinski definition) is 3. The van der Waals surface area contributed by atoms with Gasteiger partial charge in [0, 0.05) is 15.0 Å². The highest BCUT2D eigenvalue weighted by Crippen LogP contribution is 2.24. The monoisotopic (exact) mass is 333 g/mol. The Bertz CT molecular complexity index is 501. The predicted molar refractivity (Wildman–Crippen MR) is 72.4 cm³/mol. The van der Waals surface area contributed by atoms with Gasteiger partial charge in [-0.1, -0.05) is 0 Å². The molecule has 6 heteroatoms. The van der Waals surface area contributed by atoms with E-state index in [1.807, 2.05) is 11.4 Å². The molecule has 0 spiro atoms. The maximum Gasteiger partial charge on any atom is 0.387 e. The van der Waals surface area contributed by atoms with Crippen molar-refractivity contribution in [3.05, 3.63) is 45.1 Å². The lowest BCUT2D eigenvalue weighted by Crippen LogP contribution is -2.02. The number of halogens is 3. The molecule has 0 saturated heterocycles. The average molecular weight is 334 g/mol. The van der Waals surface area contributed by atoms with E-state index >= 15 is 0 Å². The van der Waals surface area contributed by atoms with Gasteiger partial charge < -0.3 is 10.1 Å². The Kier molecular flexibility index (Phi) is 4.54. The smallest absolute Gasteiger partial charge is 0.387 e. The van der Waals surface area contributed by atoms with Crippen LogP contribution in [0.4, 0.5) is 14.5 Å². The molecule has 0 fully saturated rings. The maximum atomic E-state index is 12.0. The summed E-state index contributed by atoms with van der Waals surface area (Å²) in [6.45, 7) is -2.10. The zero-order valence-electron chi connectivity index (χ0n) is 9.20. The van der Waals surface area contributed by atoms with E-state index in [1.54, 1.807) is 23.5 Å². The van der Waals surface area contributed by atoms with Crippen LogP contribution in [0.1, 0.15) is 4.88 Å². The Morgan fingerprint density at radius 3 is 2.50 bits per heavy atom. The van der Waals surface area contributed by atoms with E-state index in [1.165, 1.54) is 17.0 Å². The number of ether oxygens (including phenoxy) is 1. The zero-order valence-corrected chi connectivity index (χ0v) is 11.6. The third kappa shape index (κ3) is 3.68. The summed E-state index contributed by atoms with van der Waals surface area (Å²) < 4.78 is 29.3. The fourth-order valence-corrected chi connectivity index (χ4v) is 2.82. The average Bonchev–Trinajstić information content (AvgIpc) is 2.73. The van der Waals surface area contributed by atoms with Crippen LogP contribution in [0.5, 0.6) is 5.75 Å². The summed E-state index contributed by atoms with van der Waals surface area (Å²) in [6, 6.07) is 8.43. The fraction of sp³-hybridized carbons (Fsp3) is 0.167. The van der Waals surface area contributed by atoms with Gasteiger partial charge >= 0.3 is 6.61 Å². The molecule has 18 heavy (non-hydrogen) atoms. The molecular formula is C12H10BrF2NOS. The van der Waals surface area contributed by atoms with Crippen molar-refractivity contribution >= 4 is 33.0 Å². The molecule has 0 bridgehead atoms. The summed E-state index contributed by atoms with van der Waals surface area (Å²) in [5.74, 6) is 0.160. The van der Waals surface area contributed by atoms with E-state index < -0.39 is 6.61 Å². The Labute approximate surface area is 116 Å². The lowest BCUT2D eigenvalue weighted by molar-refractivity contribution is -0.0498. The summed E-state index contributed by atoms with van der Waals surface area (Å²) in [4.78, 5) is 1.18. The van der Waals surface area contributed by atoms with Crippen LogP contribution in [0.15, 0.2) is 40.2 Å². The quantitative estimate of drug-likeness (QED) is 0.854. The summed E-state index contributed by atoms with van der Waals surface area (Å²) in [5.41, 5.74) is 0.858. The molecule has 1 aromatic heterocycles. The predicted octanol–water partition coefficient (Wildman–Crippen LogP) is 4.72. The molecule has 1 aromatic carbocycles. The van der Waals surface area contributed by atoms with Crippen molar-refractivity contribution in [1.29, 1.82) is 0 Å². The molecule has 2 aromatic rings. The molecule has 0 aliphatic heterocycles. The lowest BCUT2D eigenvalue weighted by Gasteiger charge is -2.07. The maximum absolute atomic E-state index is 12.0. The summed E-state index contributed by atoms with van der Waals surface area (Å²) >= 11 is 5.09. The zero-order chi connectivity index (χ0) is 13.0. The van der Waals surface area contributed by atoms with Gasteiger partial charge in [0.2, 0.25) is 0 Å². The number of nitrogens with one attached hydrogen (secondary N) is 1. The van der Waals surface area contributed by atoms with Crippen molar-refractivity contribution < 1.29 is 13.5 Å². The third-order valence-corrected chi connectivity index (χ3v) is 4.15. The summed E-state index contributed by atoms with van der Waals surface area (Å²) in [6.07, 6.45) is 0. The van der Waals surface area contributed by atoms with Crippen LogP contribution in [0.2, 0.25) is 0 Å². The topological polar surface area (TPSA) is 21.3 Å². The molecule has 2 rings (SSSR count). The van der Waals surface area contributed by atoms with E-state index in [0.29, 0.717) is 6.54 Å². The van der Waals surface area contributed by atoms with Gasteiger partial charge in [-0.3, -0.25) is 0 Å². The highest BCUT2D eigenvalue weighted by molar-refractivity contribution is 9.10. The van der Waals surface area contributed by atoms with Crippen LogP contribution >= 0.6 is 27.3 Å². The van der Waals surface area contributed by atoms with E-state index in [2.05, 4.69) is 26.0 Å². The van der Waals surface area contributed by atoms with Gasteiger partial charge in [0.25, 0.3) is 0 Å². The fourth-order valence-electron chi connectivity index (χ4n) is 1.39. The third-order valence-electron chi connectivity index (χ3n) is 2.22. The van der Waals surface area contributed by atoms with Gasteiger partial charge in [-0.25, -0.2) is 0 Å². The molecular weight excluding hydrogens is 324 g/mol. The van der Waals surface area contributed by atoms with Gasteiger partial charge in [-0.05, 0) is 51.6 Å². The Balaban J connectivity index is 1.92. The van der Waals surface area contributed by atoms with Crippen LogP contribution in [-0.2, 0) is 6.54 Å². The first-order valence-electron chi connectivity index (χ1n) is 5.16. The molecule has 96 valence electrons. The molecule has 0 saturated carbocycles. The van der Waals surface area contributed by atoms with Crippen molar-refractivity contribution in [3.63, 3.8) is 0 Å². The SMILES string of the molecule is FC(F)Oc1ccc(NCc2sccc2Br)cc1. The van der Waals surface area contributed by atoms with Gasteiger partial charge in [0.1, 0.15) is 5.75 Å². The number of hydrogen-bond donors (Lipinski definition) is 1. The van der Waals surface area contributed by atoms with Crippen molar-refractivity contribution in [3.8, 4) is 5.75 Å². The van der Waals surface area contributed by atoms with Crippen LogP contribution in [0, 0.1) is 0 Å². The van der Waals surface area contributed by atoms with Crippen LogP contribution in [0.25, 0.3) is 0 Å². The molecule has 0 unspecified atom stereocenters. The molecule has 0 aliphatic rings. The second-order valence-corrected chi connectivity index (χ2v) is 5.30. The van der Waals surface area contributed by atoms with E-state index in [9.17, 15) is 8.78 Å². The minimum Gasteiger partial charge on any atom is -0.435 e. The number of thiophene rings is 1. The number of benzene rings is 1. The van der Waals surface area contributed by atoms with Gasteiger partial charge in [-0.15, -0.1) is 11.3 Å². The van der Waals surface area contributed by atoms with Gasteiger partial charge in [-0.2, -0.15) is 8.78 Å². The largest absolute Gasteiger partial charge is 0.435 e. The standard InChI is InChI=1S/C12H10BrF2NOS/c13-10-5-6-18-11(10)7-16-8-1-3-9(4-2-8)17-12(14)15/h1-6,12,16H,7H2. The molecule has 0 amide bonds. The highest BCUT2D eigenvalue weighted by atomic mass is 79.9. The second kappa shape index (κ2) is 6.15. The van der Waals surface area contributed by atoms with Gasteiger partial charge in [0.05, 0.1) is 6.54 Å². The molecule has 1 heterocycles. The van der Waals surface area contributed by atoms with Crippen LogP contribution in [-0.4, -0.2) is 6.61 Å². The molecule has 1 N–H and O–H groups in total. The normalized spacial score (nSPS) is 10.7. The van der Waals surface area contributed by atoms with Crippen LogP contribution in [0.3, 0.4) is 0 Å². The molecule has 0 atom stereocenters. The van der Waals surface area contributed by atoms with Gasteiger partial charge in [0.15, 0.2) is 0 Å². The summed E-state index contributed by atoms with van der Waals surface area (Å²) in [7, 11) is 0. The molecule has 0 aliphatic carbocycles. The minimum absolute atomic E-state index is 0.160. The Morgan fingerprint density at radius 1 is 1.22 bits per heavy atom. The van der Waals surface area contributed by atoms with Crippen molar-refractivity contribution in [2.45, 2.75) is 13.2 Å². The van der Waals surface area contributed by atoms with Crippen molar-refractivity contribution in [1.82, 2.24) is 0 Å². The van der Waals surface area contributed by atoms with Crippen molar-refractivity contribution in [2.24, 2.45) is 0 Å². The molecule has 0 radical (unpaired) electrons. The lowest BCUT2D eigenvalue weighted by atomic mass is 10.3. The van der Waals surface area contributed by atoms with E-state index in [-0.39, 0.29) is 5.75 Å². The van der Waals surface area contributed by atoms with E-state index in [0.717, 1.165) is 10.2 Å². The van der Waals surface area contributed by atoms with Crippen LogP contribution < -0.4 is 10.1 Å². The highest BCUT2D eigenvalue weighted by Gasteiger charge is 2.04.